The summed E-state index contributed by atoms with van der Waals surface area (Å²) < 4.78 is 0. The molecular weight excluding hydrogens is 480 g/mol. The Balaban J connectivity index is 1.41. The van der Waals surface area contributed by atoms with Gasteiger partial charge in [-0.2, -0.15) is 0 Å². The number of hydrogen-bond donors (Lipinski definition) is 0. The molecule has 0 heterocycles. The first-order valence-electron chi connectivity index (χ1n) is 14.4. The quantitative estimate of drug-likeness (QED) is 0.193. The highest BCUT2D eigenvalue weighted by atomic mass is 14.5. The lowest BCUT2D eigenvalue weighted by molar-refractivity contribution is 0.652. The highest BCUT2D eigenvalue weighted by molar-refractivity contribution is 6.26. The molecule has 0 aromatic heterocycles. The first-order chi connectivity index (χ1) is 19.3. The van der Waals surface area contributed by atoms with Crippen molar-refractivity contribution >= 4 is 49.2 Å². The van der Waals surface area contributed by atoms with Gasteiger partial charge in [0.1, 0.15) is 0 Å². The summed E-state index contributed by atoms with van der Waals surface area (Å²) in [5.74, 6) is 0. The fourth-order valence-electron chi connectivity index (χ4n) is 8.30. The molecule has 0 aliphatic heterocycles. The molecule has 0 radical (unpaired) electrons. The minimum Gasteiger partial charge on any atom is -0.0984 e. The van der Waals surface area contributed by atoms with Crippen LogP contribution in [-0.2, 0) is 10.8 Å². The van der Waals surface area contributed by atoms with E-state index in [1.165, 1.54) is 93.2 Å². The van der Waals surface area contributed by atoms with Crippen molar-refractivity contribution in [3.05, 3.63) is 125 Å². The Labute approximate surface area is 234 Å². The Morgan fingerprint density at radius 2 is 1.10 bits per heavy atom. The molecule has 9 rings (SSSR count). The second kappa shape index (κ2) is 7.01. The maximum atomic E-state index is 4.09. The summed E-state index contributed by atoms with van der Waals surface area (Å²) in [4.78, 5) is 0. The fraction of sp³-hybridized carbons (Fsp3) is 0.150. The van der Waals surface area contributed by atoms with Gasteiger partial charge in [0.25, 0.3) is 0 Å². The summed E-state index contributed by atoms with van der Waals surface area (Å²) >= 11 is 0. The van der Waals surface area contributed by atoms with Gasteiger partial charge in [-0.05, 0) is 111 Å². The van der Waals surface area contributed by atoms with E-state index in [0.29, 0.717) is 0 Å². The number of hydrogen-bond acceptors (Lipinski definition) is 0. The second-order valence-electron chi connectivity index (χ2n) is 13.0. The molecule has 0 nitrogen and oxygen atoms in total. The highest BCUT2D eigenvalue weighted by Crippen LogP contribution is 2.59. The van der Waals surface area contributed by atoms with Gasteiger partial charge in [0, 0.05) is 10.8 Å². The second-order valence-corrected chi connectivity index (χ2v) is 13.0. The number of rotatable bonds is 1. The van der Waals surface area contributed by atoms with Crippen LogP contribution >= 0.6 is 0 Å². The van der Waals surface area contributed by atoms with Gasteiger partial charge in [0.05, 0.1) is 0 Å². The van der Waals surface area contributed by atoms with Gasteiger partial charge in [0.2, 0.25) is 0 Å². The predicted molar refractivity (Wildman–Crippen MR) is 173 cm³/mol. The third-order valence-electron chi connectivity index (χ3n) is 10.4. The van der Waals surface area contributed by atoms with Crippen molar-refractivity contribution in [1.29, 1.82) is 0 Å². The molecule has 7 aromatic rings. The van der Waals surface area contributed by atoms with Crippen LogP contribution in [0.1, 0.15) is 55.5 Å². The van der Waals surface area contributed by atoms with E-state index in [1.54, 1.807) is 0 Å². The number of benzene rings is 7. The molecule has 0 saturated carbocycles. The molecule has 0 atom stereocenters. The van der Waals surface area contributed by atoms with Crippen molar-refractivity contribution in [1.82, 2.24) is 0 Å². The third-order valence-corrected chi connectivity index (χ3v) is 10.4. The zero-order chi connectivity index (χ0) is 27.1. The van der Waals surface area contributed by atoms with Crippen molar-refractivity contribution in [3.63, 3.8) is 0 Å². The predicted octanol–water partition coefficient (Wildman–Crippen LogP) is 11.0. The van der Waals surface area contributed by atoms with Crippen LogP contribution in [0.15, 0.2) is 97.6 Å². The van der Waals surface area contributed by atoms with Crippen molar-refractivity contribution in [2.75, 3.05) is 0 Å². The minimum absolute atomic E-state index is 0.0747. The van der Waals surface area contributed by atoms with Gasteiger partial charge in [-0.3, -0.25) is 0 Å². The van der Waals surface area contributed by atoms with Crippen molar-refractivity contribution in [2.45, 2.75) is 38.5 Å². The lowest BCUT2D eigenvalue weighted by Crippen LogP contribution is -2.17. The Morgan fingerprint density at radius 3 is 1.82 bits per heavy atom. The van der Waals surface area contributed by atoms with E-state index in [9.17, 15) is 0 Å². The first kappa shape index (κ1) is 22.4. The minimum atomic E-state index is -0.0894. The average molecular weight is 511 g/mol. The molecule has 0 fully saturated rings. The molecule has 0 saturated heterocycles. The van der Waals surface area contributed by atoms with Gasteiger partial charge < -0.3 is 0 Å². The molecule has 2 aliphatic carbocycles. The molecule has 40 heavy (non-hydrogen) atoms. The largest absolute Gasteiger partial charge is 0.0984 e. The molecule has 0 unspecified atom stereocenters. The van der Waals surface area contributed by atoms with Crippen LogP contribution < -0.4 is 0 Å². The third kappa shape index (κ3) is 2.45. The Kier molecular flexibility index (Phi) is 3.93. The maximum absolute atomic E-state index is 4.09. The van der Waals surface area contributed by atoms with Crippen molar-refractivity contribution in [3.8, 4) is 22.3 Å². The van der Waals surface area contributed by atoms with E-state index in [2.05, 4.69) is 125 Å². The van der Waals surface area contributed by atoms with Crippen LogP contribution in [0.2, 0.25) is 0 Å². The van der Waals surface area contributed by atoms with E-state index in [4.69, 9.17) is 0 Å². The van der Waals surface area contributed by atoms with E-state index in [0.717, 1.165) is 0 Å². The first-order valence-corrected chi connectivity index (χ1v) is 14.4. The molecule has 0 N–H and O–H groups in total. The van der Waals surface area contributed by atoms with Gasteiger partial charge >= 0.3 is 0 Å². The Morgan fingerprint density at radius 1 is 0.500 bits per heavy atom. The summed E-state index contributed by atoms with van der Waals surface area (Å²) in [5, 5.41) is 10.8. The van der Waals surface area contributed by atoms with E-state index < -0.39 is 0 Å². The summed E-state index contributed by atoms with van der Waals surface area (Å²) in [5.41, 5.74) is 12.4. The SMILES string of the molecule is C=Cc1cccc2c3c(ccc12)C(C)(C)c1cc2c(cc1-3)C(C)(C)c1cc3ccc4cccc5ccc(c1-2)c3c45. The van der Waals surface area contributed by atoms with Crippen LogP contribution in [-0.4, -0.2) is 0 Å². The van der Waals surface area contributed by atoms with Crippen LogP contribution in [0, 0.1) is 0 Å². The van der Waals surface area contributed by atoms with Crippen LogP contribution in [0.25, 0.3) is 71.4 Å². The van der Waals surface area contributed by atoms with E-state index >= 15 is 0 Å². The summed E-state index contributed by atoms with van der Waals surface area (Å²) in [6, 6.07) is 34.9. The van der Waals surface area contributed by atoms with Gasteiger partial charge in [-0.15, -0.1) is 0 Å². The van der Waals surface area contributed by atoms with Crippen molar-refractivity contribution in [2.24, 2.45) is 0 Å². The van der Waals surface area contributed by atoms with Gasteiger partial charge in [-0.25, -0.2) is 0 Å². The average Bonchev–Trinajstić information content (AvgIpc) is 3.33. The molecule has 190 valence electrons. The number of fused-ring (bicyclic) bond motifs is 9. The summed E-state index contributed by atoms with van der Waals surface area (Å²) in [6.07, 6.45) is 1.98. The standard InChI is InChI=1S/C40H30/c1-6-22-9-8-12-27-26(22)17-18-31-37(27)29-20-33-30(21-32(29)39(31,2)3)38-28-16-15-24-11-7-10-23-13-14-25(36(28)35(23)24)19-34(38)40(33,4)5/h6-21H,1H2,2-5H3. The van der Waals surface area contributed by atoms with Gasteiger partial charge in [0.15, 0.2) is 0 Å². The summed E-state index contributed by atoms with van der Waals surface area (Å²) in [7, 11) is 0. The molecule has 2 aliphatic rings. The van der Waals surface area contributed by atoms with E-state index in [-0.39, 0.29) is 10.8 Å². The zero-order valence-electron chi connectivity index (χ0n) is 23.4. The van der Waals surface area contributed by atoms with Crippen LogP contribution in [0.4, 0.5) is 0 Å². The highest BCUT2D eigenvalue weighted by Gasteiger charge is 2.43. The normalized spacial score (nSPS) is 16.0. The van der Waals surface area contributed by atoms with Gasteiger partial charge in [-0.1, -0.05) is 113 Å². The fourth-order valence-corrected chi connectivity index (χ4v) is 8.30. The molecule has 0 spiro atoms. The van der Waals surface area contributed by atoms with Crippen molar-refractivity contribution < 1.29 is 0 Å². The lowest BCUT2D eigenvalue weighted by atomic mass is 9.79. The molecule has 7 aromatic carbocycles. The smallest absolute Gasteiger partial charge is 0.0159 e. The maximum Gasteiger partial charge on any atom is 0.0159 e. The van der Waals surface area contributed by atoms with Crippen LogP contribution in [0.5, 0.6) is 0 Å². The Hall–Kier alpha value is -4.42. The van der Waals surface area contributed by atoms with E-state index in [1.807, 2.05) is 6.08 Å². The molecule has 0 bridgehead atoms. The zero-order valence-corrected chi connectivity index (χ0v) is 23.4. The topological polar surface area (TPSA) is 0 Å². The molecular formula is C40H30. The lowest BCUT2D eigenvalue weighted by Gasteiger charge is -2.24. The van der Waals surface area contributed by atoms with Crippen LogP contribution in [0.3, 0.4) is 0 Å². The molecule has 0 amide bonds. The molecule has 0 heteroatoms. The monoisotopic (exact) mass is 510 g/mol. The summed E-state index contributed by atoms with van der Waals surface area (Å²) in [6.45, 7) is 13.7. The Bertz CT molecular complexity index is 2260.